The van der Waals surface area contributed by atoms with E-state index in [-0.39, 0.29) is 5.91 Å². The lowest BCUT2D eigenvalue weighted by Gasteiger charge is -2.36. The van der Waals surface area contributed by atoms with Crippen molar-refractivity contribution in [3.05, 3.63) is 39.8 Å². The molecule has 8 nitrogen and oxygen atoms in total. The van der Waals surface area contributed by atoms with Crippen LogP contribution in [-0.4, -0.2) is 41.5 Å². The van der Waals surface area contributed by atoms with Crippen molar-refractivity contribution >= 4 is 27.5 Å². The Kier molecular flexibility index (Phi) is 4.96. The van der Waals surface area contributed by atoms with Crippen LogP contribution in [-0.2, 0) is 28.6 Å². The summed E-state index contributed by atoms with van der Waals surface area (Å²) in [6.07, 6.45) is 1.99. The first-order chi connectivity index (χ1) is 11.8. The lowest BCUT2D eigenvalue weighted by Crippen LogP contribution is -2.57. The number of rotatable bonds is 4. The van der Waals surface area contributed by atoms with Gasteiger partial charge in [0.25, 0.3) is 10.2 Å². The van der Waals surface area contributed by atoms with Crippen molar-refractivity contribution < 1.29 is 13.2 Å². The number of thiophene rings is 1. The van der Waals surface area contributed by atoms with Crippen LogP contribution in [0.3, 0.4) is 0 Å². The van der Waals surface area contributed by atoms with Gasteiger partial charge < -0.3 is 5.32 Å². The highest BCUT2D eigenvalue weighted by Gasteiger charge is 2.41. The Morgan fingerprint density at radius 2 is 2.24 bits per heavy atom. The van der Waals surface area contributed by atoms with E-state index in [1.165, 1.54) is 7.05 Å². The number of hydrogen-bond acceptors (Lipinski definition) is 5. The van der Waals surface area contributed by atoms with Crippen molar-refractivity contribution in [2.75, 3.05) is 7.05 Å². The summed E-state index contributed by atoms with van der Waals surface area (Å²) in [5.74, 6) is -0.299. The lowest BCUT2D eigenvalue weighted by atomic mass is 10.00. The Balaban J connectivity index is 1.79. The Morgan fingerprint density at radius 3 is 2.84 bits per heavy atom. The van der Waals surface area contributed by atoms with Crippen LogP contribution in [0.4, 0.5) is 0 Å². The number of hydrogen-bond donors (Lipinski definition) is 2. The average molecular weight is 383 g/mol. The molecule has 0 bridgehead atoms. The SMILES string of the molecule is Cc1c([C@@H]2C[C@H](C(=O)NCc3cccs3)N(C)S(=O)(=O)N2)cnn1C. The molecule has 0 aliphatic carbocycles. The minimum atomic E-state index is -3.74. The van der Waals surface area contributed by atoms with Crippen molar-refractivity contribution in [1.29, 1.82) is 0 Å². The summed E-state index contributed by atoms with van der Waals surface area (Å²) in [5, 5.41) is 8.93. The van der Waals surface area contributed by atoms with E-state index in [2.05, 4.69) is 15.1 Å². The van der Waals surface area contributed by atoms with Gasteiger partial charge in [-0.05, 0) is 24.8 Å². The molecule has 10 heteroatoms. The minimum Gasteiger partial charge on any atom is -0.350 e. The molecule has 1 amide bonds. The molecule has 0 spiro atoms. The summed E-state index contributed by atoms with van der Waals surface area (Å²) in [7, 11) is -0.525. The van der Waals surface area contributed by atoms with Crippen molar-refractivity contribution in [2.24, 2.45) is 7.05 Å². The predicted octanol–water partition coefficient (Wildman–Crippen LogP) is 0.686. The third-order valence-corrected chi connectivity index (χ3v) is 7.01. The molecular weight excluding hydrogens is 362 g/mol. The van der Waals surface area contributed by atoms with Gasteiger partial charge in [0.15, 0.2) is 0 Å². The molecule has 25 heavy (non-hydrogen) atoms. The van der Waals surface area contributed by atoms with E-state index in [1.807, 2.05) is 24.4 Å². The van der Waals surface area contributed by atoms with Gasteiger partial charge in [-0.15, -0.1) is 11.3 Å². The van der Waals surface area contributed by atoms with Crippen LogP contribution in [0, 0.1) is 6.92 Å². The zero-order valence-corrected chi connectivity index (χ0v) is 15.9. The van der Waals surface area contributed by atoms with E-state index in [4.69, 9.17) is 0 Å². The molecule has 3 heterocycles. The molecule has 2 aromatic rings. The van der Waals surface area contributed by atoms with Crippen LogP contribution >= 0.6 is 11.3 Å². The van der Waals surface area contributed by atoms with Crippen LogP contribution in [0.1, 0.15) is 28.6 Å². The Labute approximate surface area is 151 Å². The van der Waals surface area contributed by atoms with Crippen LogP contribution in [0.2, 0.25) is 0 Å². The van der Waals surface area contributed by atoms with Crippen molar-refractivity contribution in [2.45, 2.75) is 32.0 Å². The molecule has 1 aliphatic heterocycles. The molecule has 0 aromatic carbocycles. The quantitative estimate of drug-likeness (QED) is 0.812. The Morgan fingerprint density at radius 1 is 1.48 bits per heavy atom. The van der Waals surface area contributed by atoms with Crippen LogP contribution in [0.25, 0.3) is 0 Å². The molecule has 2 atom stereocenters. The third kappa shape index (κ3) is 3.61. The standard InChI is InChI=1S/C15H21N5O3S2/c1-10-12(9-17-19(10)2)13-7-14(20(3)25(22,23)18-13)15(21)16-8-11-5-4-6-24-11/h4-6,9,13-14,18H,7-8H2,1-3H3,(H,16,21)/t13-,14+/m0/s1. The first kappa shape index (κ1) is 18.1. The van der Waals surface area contributed by atoms with Gasteiger partial charge in [0.05, 0.1) is 18.8 Å². The van der Waals surface area contributed by atoms with Gasteiger partial charge in [-0.1, -0.05) is 6.07 Å². The highest BCUT2D eigenvalue weighted by molar-refractivity contribution is 7.87. The first-order valence-corrected chi connectivity index (χ1v) is 10.2. The van der Waals surface area contributed by atoms with Crippen molar-refractivity contribution in [3.8, 4) is 0 Å². The zero-order chi connectivity index (χ0) is 18.2. The largest absolute Gasteiger partial charge is 0.350 e. The van der Waals surface area contributed by atoms with Crippen molar-refractivity contribution in [3.63, 3.8) is 0 Å². The molecule has 0 saturated carbocycles. The maximum atomic E-state index is 12.6. The van der Waals surface area contributed by atoms with E-state index in [0.717, 1.165) is 20.4 Å². The maximum Gasteiger partial charge on any atom is 0.280 e. The lowest BCUT2D eigenvalue weighted by molar-refractivity contribution is -0.125. The van der Waals surface area contributed by atoms with Gasteiger partial charge in [-0.2, -0.15) is 22.5 Å². The van der Waals surface area contributed by atoms with Crippen molar-refractivity contribution in [1.82, 2.24) is 24.1 Å². The van der Waals surface area contributed by atoms with Crippen LogP contribution < -0.4 is 10.0 Å². The molecular formula is C15H21N5O3S2. The normalized spacial score (nSPS) is 23.5. The van der Waals surface area contributed by atoms with Gasteiger partial charge in [-0.25, -0.2) is 0 Å². The fourth-order valence-corrected chi connectivity index (χ4v) is 4.79. The fourth-order valence-electron chi connectivity index (χ4n) is 2.88. The maximum absolute atomic E-state index is 12.6. The number of amides is 1. The number of likely N-dealkylation sites (N-methyl/N-ethyl adjacent to an activating group) is 1. The highest BCUT2D eigenvalue weighted by atomic mass is 32.2. The summed E-state index contributed by atoms with van der Waals surface area (Å²) < 4.78 is 30.3. The van der Waals surface area contributed by atoms with Crippen LogP contribution in [0.5, 0.6) is 0 Å². The number of carbonyl (C=O) groups is 1. The number of aryl methyl sites for hydroxylation is 1. The Bertz CT molecular complexity index is 860. The van der Waals surface area contributed by atoms with Gasteiger partial charge >= 0.3 is 0 Å². The fraction of sp³-hybridized carbons (Fsp3) is 0.467. The second-order valence-electron chi connectivity index (χ2n) is 6.05. The molecule has 2 N–H and O–H groups in total. The summed E-state index contributed by atoms with van der Waals surface area (Å²) in [4.78, 5) is 13.6. The minimum absolute atomic E-state index is 0.299. The molecule has 1 aliphatic rings. The highest BCUT2D eigenvalue weighted by Crippen LogP contribution is 2.29. The molecule has 2 aromatic heterocycles. The van der Waals surface area contributed by atoms with E-state index in [0.29, 0.717) is 13.0 Å². The van der Waals surface area contributed by atoms with E-state index < -0.39 is 22.3 Å². The summed E-state index contributed by atoms with van der Waals surface area (Å²) in [6, 6.07) is 2.59. The topological polar surface area (TPSA) is 96.3 Å². The smallest absolute Gasteiger partial charge is 0.280 e. The number of nitrogens with zero attached hydrogens (tertiary/aromatic N) is 3. The van der Waals surface area contributed by atoms with E-state index >= 15 is 0 Å². The van der Waals surface area contributed by atoms with Gasteiger partial charge in [-0.3, -0.25) is 9.48 Å². The molecule has 136 valence electrons. The summed E-state index contributed by atoms with van der Waals surface area (Å²) >= 11 is 1.54. The Hall–Kier alpha value is -1.75. The zero-order valence-electron chi connectivity index (χ0n) is 14.3. The summed E-state index contributed by atoms with van der Waals surface area (Å²) in [5.41, 5.74) is 1.66. The monoisotopic (exact) mass is 383 g/mol. The second kappa shape index (κ2) is 6.87. The average Bonchev–Trinajstić information content (AvgIpc) is 3.19. The van der Waals surface area contributed by atoms with E-state index in [1.54, 1.807) is 29.3 Å². The molecule has 3 rings (SSSR count). The van der Waals surface area contributed by atoms with E-state index in [9.17, 15) is 13.2 Å². The molecule has 0 radical (unpaired) electrons. The number of aromatic nitrogens is 2. The summed E-state index contributed by atoms with van der Waals surface area (Å²) in [6.45, 7) is 2.27. The third-order valence-electron chi connectivity index (χ3n) is 4.54. The van der Waals surface area contributed by atoms with Crippen LogP contribution in [0.15, 0.2) is 23.7 Å². The predicted molar refractivity (Wildman–Crippen MR) is 95.1 cm³/mol. The van der Waals surface area contributed by atoms with Gasteiger partial charge in [0.2, 0.25) is 5.91 Å². The molecule has 0 unspecified atom stereocenters. The van der Waals surface area contributed by atoms with Gasteiger partial charge in [0.1, 0.15) is 6.04 Å². The second-order valence-corrected chi connectivity index (χ2v) is 8.84. The number of nitrogens with one attached hydrogen (secondary N) is 2. The number of carbonyl (C=O) groups excluding carboxylic acids is 1. The van der Waals surface area contributed by atoms with Gasteiger partial charge in [0, 0.05) is 30.2 Å². The first-order valence-electron chi connectivity index (χ1n) is 7.83. The molecule has 1 fully saturated rings. The molecule has 1 saturated heterocycles.